The highest BCUT2D eigenvalue weighted by molar-refractivity contribution is 6.33. The van der Waals surface area contributed by atoms with Crippen LogP contribution in [0.25, 0.3) is 16.9 Å². The largest absolute Gasteiger partial charge is 0.465 e. The molecule has 0 fully saturated rings. The molecule has 3 rings (SSSR count). The van der Waals surface area contributed by atoms with Gasteiger partial charge < -0.3 is 4.74 Å². The molecule has 0 saturated carbocycles. The Morgan fingerprint density at radius 2 is 1.81 bits per heavy atom. The van der Waals surface area contributed by atoms with E-state index in [-0.39, 0.29) is 27.8 Å². The van der Waals surface area contributed by atoms with E-state index in [0.717, 1.165) is 25.3 Å². The average molecular weight is 412 g/mol. The van der Waals surface area contributed by atoms with Crippen molar-refractivity contribution in [2.75, 3.05) is 0 Å². The first-order valence-electron chi connectivity index (χ1n) is 7.16. The van der Waals surface area contributed by atoms with E-state index < -0.39 is 24.3 Å². The van der Waals surface area contributed by atoms with E-state index in [1.807, 2.05) is 0 Å². The maximum Gasteiger partial charge on any atom is 0.453 e. The van der Waals surface area contributed by atoms with Crippen molar-refractivity contribution in [3.05, 3.63) is 35.2 Å². The number of halogens is 7. The monoisotopic (exact) mass is 411 g/mol. The lowest BCUT2D eigenvalue weighted by atomic mass is 10.2. The van der Waals surface area contributed by atoms with Crippen molar-refractivity contribution in [2.24, 2.45) is 0 Å². The molecule has 0 amide bonds. The van der Waals surface area contributed by atoms with Crippen LogP contribution in [-0.4, -0.2) is 37.1 Å². The number of aromatic nitrogens is 5. The van der Waals surface area contributed by atoms with Crippen molar-refractivity contribution in [3.8, 4) is 17.1 Å². The van der Waals surface area contributed by atoms with Crippen molar-refractivity contribution in [1.82, 2.24) is 24.8 Å². The van der Waals surface area contributed by atoms with E-state index in [9.17, 15) is 26.3 Å². The molecule has 3 aromatic rings. The van der Waals surface area contributed by atoms with Gasteiger partial charge in [-0.1, -0.05) is 11.6 Å². The molecular weight excluding hydrogens is 404 g/mol. The summed E-state index contributed by atoms with van der Waals surface area (Å²) in [6.07, 6.45) is -10.4. The normalized spacial score (nSPS) is 13.8. The second-order valence-electron chi connectivity index (χ2n) is 5.32. The minimum atomic E-state index is -4.79. The van der Waals surface area contributed by atoms with Gasteiger partial charge in [0.25, 0.3) is 5.82 Å². The third-order valence-electron chi connectivity index (χ3n) is 3.37. The van der Waals surface area contributed by atoms with Gasteiger partial charge in [-0.05, 0) is 13.0 Å². The number of alkyl halides is 6. The van der Waals surface area contributed by atoms with Gasteiger partial charge in [0.05, 0.1) is 5.02 Å². The molecule has 1 atom stereocenters. The lowest BCUT2D eigenvalue weighted by molar-refractivity contribution is -0.189. The molecule has 0 spiro atoms. The zero-order valence-corrected chi connectivity index (χ0v) is 13.9. The molecule has 0 aromatic carbocycles. The average Bonchev–Trinajstić information content (AvgIpc) is 2.97. The summed E-state index contributed by atoms with van der Waals surface area (Å²) in [5, 5.41) is 10.1. The molecule has 27 heavy (non-hydrogen) atoms. The molecule has 0 unspecified atom stereocenters. The standard InChI is InChI=1S/C14H8ClF6N5O/c1-6(13(16,17)18)27-10-3-2-7(5-22-10)11-8(15)4-9-23-24-12(14(19,20)21)26(9)25-11/h2-6H,1H3/t6-/m0/s1. The third kappa shape index (κ3) is 3.89. The molecule has 6 nitrogen and oxygen atoms in total. The fraction of sp³-hybridized carbons (Fsp3) is 0.286. The Kier molecular flexibility index (Phi) is 4.62. The molecule has 0 radical (unpaired) electrons. The fourth-order valence-electron chi connectivity index (χ4n) is 2.02. The van der Waals surface area contributed by atoms with Crippen molar-refractivity contribution < 1.29 is 31.1 Å². The van der Waals surface area contributed by atoms with Crippen LogP contribution >= 0.6 is 11.6 Å². The van der Waals surface area contributed by atoms with Gasteiger partial charge in [0.2, 0.25) is 5.88 Å². The van der Waals surface area contributed by atoms with Crippen LogP contribution < -0.4 is 4.74 Å². The Morgan fingerprint density at radius 3 is 2.37 bits per heavy atom. The number of hydrogen-bond acceptors (Lipinski definition) is 5. The Bertz CT molecular complexity index is 969. The second kappa shape index (κ2) is 6.51. The Labute approximate surface area is 151 Å². The fourth-order valence-corrected chi connectivity index (χ4v) is 2.26. The Morgan fingerprint density at radius 1 is 1.11 bits per heavy atom. The zero-order valence-electron chi connectivity index (χ0n) is 13.2. The number of pyridine rings is 1. The molecule has 144 valence electrons. The predicted octanol–water partition coefficient (Wildman–Crippen LogP) is 4.19. The van der Waals surface area contributed by atoms with Gasteiger partial charge in [-0.15, -0.1) is 10.2 Å². The number of hydrogen-bond donors (Lipinski definition) is 0. The van der Waals surface area contributed by atoms with Crippen molar-refractivity contribution in [3.63, 3.8) is 0 Å². The summed E-state index contributed by atoms with van der Waals surface area (Å²) in [5.41, 5.74) is -0.142. The first-order valence-corrected chi connectivity index (χ1v) is 7.53. The maximum atomic E-state index is 12.9. The zero-order chi connectivity index (χ0) is 20.0. The smallest absolute Gasteiger partial charge is 0.453 e. The van der Waals surface area contributed by atoms with E-state index in [1.165, 1.54) is 6.07 Å². The van der Waals surface area contributed by atoms with Crippen LogP contribution in [0.5, 0.6) is 5.88 Å². The molecule has 0 saturated heterocycles. The van der Waals surface area contributed by atoms with Gasteiger partial charge in [-0.2, -0.15) is 36.0 Å². The first-order chi connectivity index (χ1) is 12.5. The van der Waals surface area contributed by atoms with Gasteiger partial charge >= 0.3 is 12.4 Å². The van der Waals surface area contributed by atoms with Crippen LogP contribution in [0, 0.1) is 0 Å². The van der Waals surface area contributed by atoms with Crippen LogP contribution in [-0.2, 0) is 6.18 Å². The van der Waals surface area contributed by atoms with Crippen molar-refractivity contribution in [2.45, 2.75) is 25.4 Å². The molecule has 0 bridgehead atoms. The van der Waals surface area contributed by atoms with Gasteiger partial charge in [-0.3, -0.25) is 0 Å². The molecule has 0 aliphatic carbocycles. The van der Waals surface area contributed by atoms with Gasteiger partial charge in [0.15, 0.2) is 11.8 Å². The van der Waals surface area contributed by atoms with Crippen LogP contribution in [0.2, 0.25) is 5.02 Å². The molecule has 13 heteroatoms. The number of ether oxygens (including phenoxy) is 1. The van der Waals surface area contributed by atoms with Gasteiger partial charge in [0, 0.05) is 23.9 Å². The Hall–Kier alpha value is -2.63. The van der Waals surface area contributed by atoms with Crippen molar-refractivity contribution >= 4 is 17.2 Å². The highest BCUT2D eigenvalue weighted by atomic mass is 35.5. The van der Waals surface area contributed by atoms with E-state index in [0.29, 0.717) is 4.52 Å². The molecule has 0 aliphatic rings. The predicted molar refractivity (Wildman–Crippen MR) is 80.2 cm³/mol. The van der Waals surface area contributed by atoms with E-state index in [2.05, 4.69) is 25.0 Å². The SMILES string of the molecule is C[C@H](Oc1ccc(-c2nn3c(C(F)(F)F)nnc3cc2Cl)cn1)C(F)(F)F. The number of nitrogens with zero attached hydrogens (tertiary/aromatic N) is 5. The summed E-state index contributed by atoms with van der Waals surface area (Å²) in [6, 6.07) is 3.52. The van der Waals surface area contributed by atoms with Crippen LogP contribution in [0.1, 0.15) is 12.7 Å². The van der Waals surface area contributed by atoms with Crippen molar-refractivity contribution in [1.29, 1.82) is 0 Å². The molecule has 3 aromatic heterocycles. The third-order valence-corrected chi connectivity index (χ3v) is 3.66. The summed E-state index contributed by atoms with van der Waals surface area (Å²) in [6.45, 7) is 0.812. The first kappa shape index (κ1) is 19.1. The lowest BCUT2D eigenvalue weighted by Crippen LogP contribution is -2.31. The summed E-state index contributed by atoms with van der Waals surface area (Å²) >= 11 is 6.01. The second-order valence-corrected chi connectivity index (χ2v) is 5.73. The van der Waals surface area contributed by atoms with E-state index in [1.54, 1.807) is 0 Å². The summed E-state index contributed by atoms with van der Waals surface area (Å²) in [5.74, 6) is -1.66. The number of fused-ring (bicyclic) bond motifs is 1. The lowest BCUT2D eigenvalue weighted by Gasteiger charge is -2.16. The Balaban J connectivity index is 1.96. The quantitative estimate of drug-likeness (QED) is 0.605. The molecule has 3 heterocycles. The number of rotatable bonds is 3. The van der Waals surface area contributed by atoms with Crippen LogP contribution in [0.3, 0.4) is 0 Å². The molecule has 0 N–H and O–H groups in total. The highest BCUT2D eigenvalue weighted by Gasteiger charge is 2.39. The summed E-state index contributed by atoms with van der Waals surface area (Å²) in [7, 11) is 0. The molecular formula is C14H8ClF6N5O. The highest BCUT2D eigenvalue weighted by Crippen LogP contribution is 2.31. The van der Waals surface area contributed by atoms with Gasteiger partial charge in [-0.25, -0.2) is 4.98 Å². The van der Waals surface area contributed by atoms with Crippen LogP contribution in [0.4, 0.5) is 26.3 Å². The van der Waals surface area contributed by atoms with Crippen LogP contribution in [0.15, 0.2) is 24.4 Å². The molecule has 0 aliphatic heterocycles. The summed E-state index contributed by atoms with van der Waals surface area (Å²) < 4.78 is 81.4. The topological polar surface area (TPSA) is 65.2 Å². The van der Waals surface area contributed by atoms with Gasteiger partial charge in [0.1, 0.15) is 5.69 Å². The minimum Gasteiger partial charge on any atom is -0.465 e. The van der Waals surface area contributed by atoms with E-state index in [4.69, 9.17) is 11.6 Å². The summed E-state index contributed by atoms with van der Waals surface area (Å²) in [4.78, 5) is 3.70. The maximum absolute atomic E-state index is 12.9. The minimum absolute atomic E-state index is 0.0391. The van der Waals surface area contributed by atoms with E-state index >= 15 is 0 Å².